The standard InChI is InChI=1S/C15H22N2O4/c1-19-12-6-5-10(8-13(12)20-2)14(15(16)18)21-11-4-3-7-17-9-11/h5-6,8,11,14,17H,3-4,7,9H2,1-2H3,(H2,16,18)/t11-,14-/m1/s1. The second-order valence-electron chi connectivity index (χ2n) is 5.00. The molecule has 6 heteroatoms. The highest BCUT2D eigenvalue weighted by atomic mass is 16.5. The van der Waals surface area contributed by atoms with E-state index < -0.39 is 12.0 Å². The molecule has 21 heavy (non-hydrogen) atoms. The second-order valence-corrected chi connectivity index (χ2v) is 5.00. The number of rotatable bonds is 6. The van der Waals surface area contributed by atoms with Gasteiger partial charge in [0.1, 0.15) is 0 Å². The summed E-state index contributed by atoms with van der Waals surface area (Å²) in [6, 6.07) is 5.24. The Hall–Kier alpha value is -1.79. The first-order chi connectivity index (χ1) is 10.2. The van der Waals surface area contributed by atoms with Crippen LogP contribution in [-0.2, 0) is 9.53 Å². The fourth-order valence-electron chi connectivity index (χ4n) is 2.45. The van der Waals surface area contributed by atoms with Gasteiger partial charge in [0.05, 0.1) is 20.3 Å². The Morgan fingerprint density at radius 1 is 1.33 bits per heavy atom. The van der Waals surface area contributed by atoms with E-state index in [1.165, 1.54) is 0 Å². The molecule has 0 bridgehead atoms. The maximum absolute atomic E-state index is 11.7. The number of hydrogen-bond acceptors (Lipinski definition) is 5. The van der Waals surface area contributed by atoms with Gasteiger partial charge in [0.25, 0.3) is 5.91 Å². The molecule has 1 aliphatic heterocycles. The molecule has 1 heterocycles. The lowest BCUT2D eigenvalue weighted by Crippen LogP contribution is -2.38. The molecule has 0 unspecified atom stereocenters. The summed E-state index contributed by atoms with van der Waals surface area (Å²) in [6.45, 7) is 1.72. The van der Waals surface area contributed by atoms with Crippen LogP contribution in [0, 0.1) is 0 Å². The fraction of sp³-hybridized carbons (Fsp3) is 0.533. The van der Waals surface area contributed by atoms with Crippen molar-refractivity contribution in [2.75, 3.05) is 27.3 Å². The van der Waals surface area contributed by atoms with Gasteiger partial charge in [-0.3, -0.25) is 4.79 Å². The molecule has 1 aromatic rings. The Balaban J connectivity index is 2.19. The Kier molecular flexibility index (Phi) is 5.41. The summed E-state index contributed by atoms with van der Waals surface area (Å²) >= 11 is 0. The van der Waals surface area contributed by atoms with Crippen molar-refractivity contribution < 1.29 is 19.0 Å². The van der Waals surface area contributed by atoms with Crippen molar-refractivity contribution in [1.29, 1.82) is 0 Å². The predicted molar refractivity (Wildman–Crippen MR) is 78.5 cm³/mol. The predicted octanol–water partition coefficient (Wildman–Crippen LogP) is 0.999. The van der Waals surface area contributed by atoms with E-state index in [4.69, 9.17) is 19.9 Å². The molecule has 1 fully saturated rings. The van der Waals surface area contributed by atoms with E-state index in [0.29, 0.717) is 17.1 Å². The Morgan fingerprint density at radius 2 is 2.10 bits per heavy atom. The van der Waals surface area contributed by atoms with Gasteiger partial charge in [0.15, 0.2) is 17.6 Å². The van der Waals surface area contributed by atoms with Crippen molar-refractivity contribution >= 4 is 5.91 Å². The van der Waals surface area contributed by atoms with E-state index in [-0.39, 0.29) is 6.10 Å². The summed E-state index contributed by atoms with van der Waals surface area (Å²) in [7, 11) is 3.11. The molecule has 1 aromatic carbocycles. The molecule has 2 atom stereocenters. The maximum Gasteiger partial charge on any atom is 0.251 e. The first kappa shape index (κ1) is 15.6. The monoisotopic (exact) mass is 294 g/mol. The summed E-state index contributed by atoms with van der Waals surface area (Å²) in [5.74, 6) is 0.642. The Morgan fingerprint density at radius 3 is 2.67 bits per heavy atom. The largest absolute Gasteiger partial charge is 0.493 e. The van der Waals surface area contributed by atoms with Crippen LogP contribution in [0.2, 0.25) is 0 Å². The fourth-order valence-corrected chi connectivity index (χ4v) is 2.45. The maximum atomic E-state index is 11.7. The first-order valence-electron chi connectivity index (χ1n) is 7.03. The molecule has 1 amide bonds. The molecular weight excluding hydrogens is 272 g/mol. The highest BCUT2D eigenvalue weighted by Gasteiger charge is 2.25. The highest BCUT2D eigenvalue weighted by molar-refractivity contribution is 5.80. The van der Waals surface area contributed by atoms with Gasteiger partial charge in [-0.2, -0.15) is 0 Å². The van der Waals surface area contributed by atoms with Crippen molar-refractivity contribution in [3.05, 3.63) is 23.8 Å². The molecule has 2 rings (SSSR count). The van der Waals surface area contributed by atoms with Crippen LogP contribution < -0.4 is 20.5 Å². The van der Waals surface area contributed by atoms with Crippen molar-refractivity contribution in [1.82, 2.24) is 5.32 Å². The van der Waals surface area contributed by atoms with Gasteiger partial charge < -0.3 is 25.3 Å². The van der Waals surface area contributed by atoms with E-state index in [1.54, 1.807) is 32.4 Å². The average Bonchev–Trinajstić information content (AvgIpc) is 2.52. The Bertz CT molecular complexity index is 487. The van der Waals surface area contributed by atoms with Crippen molar-refractivity contribution in [2.24, 2.45) is 5.73 Å². The topological polar surface area (TPSA) is 82.8 Å². The normalized spacial score (nSPS) is 19.8. The van der Waals surface area contributed by atoms with Gasteiger partial charge in [-0.15, -0.1) is 0 Å². The molecule has 0 aromatic heterocycles. The number of nitrogens with two attached hydrogens (primary N) is 1. The van der Waals surface area contributed by atoms with E-state index >= 15 is 0 Å². The van der Waals surface area contributed by atoms with E-state index in [1.807, 2.05) is 0 Å². The molecular formula is C15H22N2O4. The number of hydrogen-bond donors (Lipinski definition) is 2. The zero-order valence-electron chi connectivity index (χ0n) is 12.4. The molecule has 6 nitrogen and oxygen atoms in total. The third-order valence-corrected chi connectivity index (χ3v) is 3.55. The van der Waals surface area contributed by atoms with E-state index in [2.05, 4.69) is 5.32 Å². The van der Waals surface area contributed by atoms with Gasteiger partial charge in [0.2, 0.25) is 0 Å². The summed E-state index contributed by atoms with van der Waals surface area (Å²) in [6.07, 6.45) is 1.16. The van der Waals surface area contributed by atoms with Crippen molar-refractivity contribution in [3.8, 4) is 11.5 Å². The molecule has 116 valence electrons. The van der Waals surface area contributed by atoms with Crippen LogP contribution in [0.1, 0.15) is 24.5 Å². The zero-order valence-corrected chi connectivity index (χ0v) is 12.4. The highest BCUT2D eigenvalue weighted by Crippen LogP contribution is 2.31. The van der Waals surface area contributed by atoms with Crippen LogP contribution in [0.5, 0.6) is 11.5 Å². The van der Waals surface area contributed by atoms with Crippen LogP contribution in [0.3, 0.4) is 0 Å². The van der Waals surface area contributed by atoms with Crippen LogP contribution in [0.15, 0.2) is 18.2 Å². The summed E-state index contributed by atoms with van der Waals surface area (Å²) in [5.41, 5.74) is 6.16. The van der Waals surface area contributed by atoms with Crippen LogP contribution in [-0.4, -0.2) is 39.3 Å². The number of nitrogens with one attached hydrogen (secondary N) is 1. The molecule has 0 spiro atoms. The van der Waals surface area contributed by atoms with Gasteiger partial charge >= 0.3 is 0 Å². The molecule has 1 aliphatic rings. The third kappa shape index (κ3) is 3.86. The van der Waals surface area contributed by atoms with Gasteiger partial charge in [-0.05, 0) is 37.1 Å². The van der Waals surface area contributed by atoms with Gasteiger partial charge in [0, 0.05) is 6.54 Å². The van der Waals surface area contributed by atoms with Gasteiger partial charge in [-0.1, -0.05) is 6.07 Å². The minimum absolute atomic E-state index is 0.00986. The summed E-state index contributed by atoms with van der Waals surface area (Å²) < 4.78 is 16.3. The number of ether oxygens (including phenoxy) is 3. The van der Waals surface area contributed by atoms with Crippen LogP contribution in [0.4, 0.5) is 0 Å². The molecule has 1 saturated heterocycles. The number of methoxy groups -OCH3 is 2. The van der Waals surface area contributed by atoms with E-state index in [9.17, 15) is 4.79 Å². The quantitative estimate of drug-likeness (QED) is 0.818. The summed E-state index contributed by atoms with van der Waals surface area (Å²) in [5, 5.41) is 3.25. The third-order valence-electron chi connectivity index (χ3n) is 3.55. The molecule has 0 aliphatic carbocycles. The van der Waals surface area contributed by atoms with Crippen LogP contribution in [0.25, 0.3) is 0 Å². The Labute approximate surface area is 124 Å². The van der Waals surface area contributed by atoms with Gasteiger partial charge in [-0.25, -0.2) is 0 Å². The lowest BCUT2D eigenvalue weighted by Gasteiger charge is -2.27. The lowest BCUT2D eigenvalue weighted by molar-refractivity contribution is -0.134. The van der Waals surface area contributed by atoms with Crippen molar-refractivity contribution in [3.63, 3.8) is 0 Å². The number of carbonyl (C=O) groups excluding carboxylic acids is 1. The first-order valence-corrected chi connectivity index (χ1v) is 7.03. The SMILES string of the molecule is COc1ccc([C@@H](O[C@@H]2CCCNC2)C(N)=O)cc1OC. The minimum Gasteiger partial charge on any atom is -0.493 e. The number of amides is 1. The smallest absolute Gasteiger partial charge is 0.251 e. The minimum atomic E-state index is -0.783. The van der Waals surface area contributed by atoms with Crippen LogP contribution >= 0.6 is 0 Å². The average molecular weight is 294 g/mol. The zero-order chi connectivity index (χ0) is 15.2. The van der Waals surface area contributed by atoms with E-state index in [0.717, 1.165) is 25.9 Å². The lowest BCUT2D eigenvalue weighted by atomic mass is 10.1. The molecule has 0 saturated carbocycles. The molecule has 3 N–H and O–H groups in total. The summed E-state index contributed by atoms with van der Waals surface area (Å²) in [4.78, 5) is 11.7. The number of primary amides is 1. The van der Waals surface area contributed by atoms with Crippen molar-refractivity contribution in [2.45, 2.75) is 25.0 Å². The number of benzene rings is 1. The number of piperidine rings is 1. The second kappa shape index (κ2) is 7.28. The molecule has 0 radical (unpaired) electrons. The number of carbonyl (C=O) groups is 1.